The van der Waals surface area contributed by atoms with E-state index in [1.54, 1.807) is 0 Å². The molecular formula is C16H32N2O2. The summed E-state index contributed by atoms with van der Waals surface area (Å²) < 4.78 is 0. The van der Waals surface area contributed by atoms with Gasteiger partial charge in [-0.25, -0.2) is 0 Å². The molecule has 1 fully saturated rings. The molecule has 0 aliphatic heterocycles. The van der Waals surface area contributed by atoms with Crippen LogP contribution in [0.15, 0.2) is 0 Å². The van der Waals surface area contributed by atoms with E-state index in [4.69, 9.17) is 0 Å². The number of nitrogens with zero attached hydrogens (tertiary/aromatic N) is 1. The van der Waals surface area contributed by atoms with Crippen molar-refractivity contribution >= 4 is 5.97 Å². The highest BCUT2D eigenvalue weighted by atomic mass is 16.4. The summed E-state index contributed by atoms with van der Waals surface area (Å²) in [7, 11) is 2.14. The minimum atomic E-state index is -0.735. The zero-order chi connectivity index (χ0) is 15.3. The number of carboxylic acids is 1. The smallest absolute Gasteiger partial charge is 0.323 e. The van der Waals surface area contributed by atoms with E-state index >= 15 is 0 Å². The van der Waals surface area contributed by atoms with Crippen molar-refractivity contribution in [3.8, 4) is 0 Å². The molecule has 1 aliphatic rings. The van der Waals surface area contributed by atoms with Crippen LogP contribution in [-0.2, 0) is 4.79 Å². The van der Waals surface area contributed by atoms with E-state index in [1.807, 2.05) is 13.8 Å². The van der Waals surface area contributed by atoms with Crippen LogP contribution in [0.5, 0.6) is 0 Å². The maximum atomic E-state index is 11.8. The summed E-state index contributed by atoms with van der Waals surface area (Å²) in [6.07, 6.45) is 4.73. The van der Waals surface area contributed by atoms with Gasteiger partial charge >= 0.3 is 5.97 Å². The van der Waals surface area contributed by atoms with Gasteiger partial charge in [0, 0.05) is 18.6 Å². The molecule has 0 heterocycles. The normalized spacial score (nSPS) is 28.9. The molecule has 3 unspecified atom stereocenters. The molecule has 1 rings (SSSR count). The number of nitrogens with one attached hydrogen (secondary N) is 1. The van der Waals surface area contributed by atoms with Crippen LogP contribution in [0.2, 0.25) is 0 Å². The van der Waals surface area contributed by atoms with E-state index < -0.39 is 11.5 Å². The molecule has 0 aromatic rings. The third-order valence-corrected chi connectivity index (χ3v) is 4.62. The van der Waals surface area contributed by atoms with E-state index in [-0.39, 0.29) is 6.04 Å². The number of hydrogen-bond donors (Lipinski definition) is 2. The maximum absolute atomic E-state index is 11.8. The van der Waals surface area contributed by atoms with E-state index in [0.717, 1.165) is 25.8 Å². The SMILES string of the molecule is CCC(C)CN(C)C1CCCC(NC(C)C)(C(=O)O)C1. The van der Waals surface area contributed by atoms with Gasteiger partial charge in [-0.15, -0.1) is 0 Å². The zero-order valence-electron chi connectivity index (χ0n) is 13.8. The highest BCUT2D eigenvalue weighted by Crippen LogP contribution is 2.32. The maximum Gasteiger partial charge on any atom is 0.323 e. The van der Waals surface area contributed by atoms with Crippen molar-refractivity contribution in [2.75, 3.05) is 13.6 Å². The van der Waals surface area contributed by atoms with Gasteiger partial charge in [0.1, 0.15) is 5.54 Å². The standard InChI is InChI=1S/C16H32N2O2/c1-6-13(4)11-18(5)14-8-7-9-16(10-14,15(19)20)17-12(2)3/h12-14,17H,6-11H2,1-5H3,(H,19,20). The van der Waals surface area contributed by atoms with Gasteiger partial charge in [0.15, 0.2) is 0 Å². The van der Waals surface area contributed by atoms with Crippen LogP contribution in [-0.4, -0.2) is 47.2 Å². The molecule has 0 spiro atoms. The molecule has 0 aromatic carbocycles. The first-order valence-electron chi connectivity index (χ1n) is 8.02. The molecule has 3 atom stereocenters. The molecule has 2 N–H and O–H groups in total. The fourth-order valence-electron chi connectivity index (χ4n) is 3.33. The molecular weight excluding hydrogens is 252 g/mol. The van der Waals surface area contributed by atoms with Crippen molar-refractivity contribution in [1.29, 1.82) is 0 Å². The molecule has 0 radical (unpaired) electrons. The summed E-state index contributed by atoms with van der Waals surface area (Å²) in [6.45, 7) is 9.57. The van der Waals surface area contributed by atoms with Crippen LogP contribution in [0.4, 0.5) is 0 Å². The van der Waals surface area contributed by atoms with Crippen LogP contribution in [0.1, 0.15) is 59.8 Å². The van der Waals surface area contributed by atoms with Gasteiger partial charge in [-0.1, -0.05) is 20.3 Å². The van der Waals surface area contributed by atoms with Crippen molar-refractivity contribution in [1.82, 2.24) is 10.2 Å². The molecule has 0 saturated heterocycles. The Balaban J connectivity index is 2.74. The molecule has 4 heteroatoms. The topological polar surface area (TPSA) is 52.6 Å². The monoisotopic (exact) mass is 284 g/mol. The second-order valence-corrected chi connectivity index (χ2v) is 6.89. The number of hydrogen-bond acceptors (Lipinski definition) is 3. The van der Waals surface area contributed by atoms with Gasteiger partial charge in [-0.3, -0.25) is 10.1 Å². The van der Waals surface area contributed by atoms with Crippen molar-refractivity contribution in [3.05, 3.63) is 0 Å². The summed E-state index contributed by atoms with van der Waals surface area (Å²) in [5, 5.41) is 13.0. The van der Waals surface area contributed by atoms with Crippen LogP contribution in [0.3, 0.4) is 0 Å². The molecule has 20 heavy (non-hydrogen) atoms. The summed E-state index contributed by atoms with van der Waals surface area (Å²) in [6, 6.07) is 0.574. The molecule has 1 aliphatic carbocycles. The van der Waals surface area contributed by atoms with Gasteiger partial charge in [-0.05, 0) is 52.5 Å². The van der Waals surface area contributed by atoms with E-state index in [0.29, 0.717) is 18.4 Å². The van der Waals surface area contributed by atoms with Crippen molar-refractivity contribution < 1.29 is 9.90 Å². The minimum absolute atomic E-state index is 0.199. The van der Waals surface area contributed by atoms with Gasteiger partial charge in [0.2, 0.25) is 0 Å². The summed E-state index contributed by atoms with van der Waals surface area (Å²) >= 11 is 0. The Labute approximate surface area is 123 Å². The highest BCUT2D eigenvalue weighted by Gasteiger charge is 2.44. The zero-order valence-corrected chi connectivity index (χ0v) is 13.8. The first-order chi connectivity index (χ1) is 9.30. The van der Waals surface area contributed by atoms with Gasteiger partial charge < -0.3 is 10.0 Å². The van der Waals surface area contributed by atoms with E-state index in [1.165, 1.54) is 6.42 Å². The molecule has 4 nitrogen and oxygen atoms in total. The average molecular weight is 284 g/mol. The Morgan fingerprint density at radius 1 is 1.45 bits per heavy atom. The molecule has 118 valence electrons. The number of carboxylic acid groups (broad SMARTS) is 1. The number of rotatable bonds is 7. The fourth-order valence-corrected chi connectivity index (χ4v) is 3.33. The lowest BCUT2D eigenvalue weighted by Gasteiger charge is -2.43. The van der Waals surface area contributed by atoms with Crippen molar-refractivity contribution in [3.63, 3.8) is 0 Å². The second kappa shape index (κ2) is 7.41. The number of carbonyl (C=O) groups is 1. The lowest BCUT2D eigenvalue weighted by Crippen LogP contribution is -2.60. The van der Waals surface area contributed by atoms with Gasteiger partial charge in [0.05, 0.1) is 0 Å². The predicted octanol–water partition coefficient (Wildman–Crippen LogP) is 2.73. The van der Waals surface area contributed by atoms with Crippen LogP contribution in [0.25, 0.3) is 0 Å². The first kappa shape index (κ1) is 17.4. The fraction of sp³-hybridized carbons (Fsp3) is 0.938. The quantitative estimate of drug-likeness (QED) is 0.755. The van der Waals surface area contributed by atoms with Gasteiger partial charge in [0.25, 0.3) is 0 Å². The summed E-state index contributed by atoms with van der Waals surface area (Å²) in [4.78, 5) is 14.1. The Kier molecular flexibility index (Phi) is 6.46. The minimum Gasteiger partial charge on any atom is -0.480 e. The number of aliphatic carboxylic acids is 1. The van der Waals surface area contributed by atoms with Crippen LogP contribution in [0, 0.1) is 5.92 Å². The Hall–Kier alpha value is -0.610. The van der Waals surface area contributed by atoms with Gasteiger partial charge in [-0.2, -0.15) is 0 Å². The van der Waals surface area contributed by atoms with E-state index in [9.17, 15) is 9.90 Å². The highest BCUT2D eigenvalue weighted by molar-refractivity contribution is 5.79. The van der Waals surface area contributed by atoms with Crippen LogP contribution >= 0.6 is 0 Å². The Morgan fingerprint density at radius 3 is 2.60 bits per heavy atom. The Bertz CT molecular complexity index is 320. The Morgan fingerprint density at radius 2 is 2.10 bits per heavy atom. The van der Waals surface area contributed by atoms with Crippen molar-refractivity contribution in [2.24, 2.45) is 5.92 Å². The second-order valence-electron chi connectivity index (χ2n) is 6.89. The largest absolute Gasteiger partial charge is 0.480 e. The third kappa shape index (κ3) is 4.45. The summed E-state index contributed by atoms with van der Waals surface area (Å²) in [5.41, 5.74) is -0.735. The average Bonchev–Trinajstić information content (AvgIpc) is 2.37. The summed E-state index contributed by atoms with van der Waals surface area (Å²) in [5.74, 6) is -0.0212. The molecule has 1 saturated carbocycles. The predicted molar refractivity (Wildman–Crippen MR) is 83.0 cm³/mol. The van der Waals surface area contributed by atoms with E-state index in [2.05, 4.69) is 31.1 Å². The van der Waals surface area contributed by atoms with Crippen molar-refractivity contribution in [2.45, 2.75) is 77.4 Å². The lowest BCUT2D eigenvalue weighted by atomic mass is 9.77. The first-order valence-corrected chi connectivity index (χ1v) is 8.02. The lowest BCUT2D eigenvalue weighted by molar-refractivity contribution is -0.147. The molecule has 0 aromatic heterocycles. The molecule has 0 amide bonds. The third-order valence-electron chi connectivity index (χ3n) is 4.62. The van der Waals surface area contributed by atoms with Crippen LogP contribution < -0.4 is 5.32 Å². The molecule has 0 bridgehead atoms.